The van der Waals surface area contributed by atoms with Crippen molar-refractivity contribution in [1.82, 2.24) is 5.43 Å². The predicted octanol–water partition coefficient (Wildman–Crippen LogP) is 5.11. The summed E-state index contributed by atoms with van der Waals surface area (Å²) >= 11 is 1.65. The predicted molar refractivity (Wildman–Crippen MR) is 110 cm³/mol. The van der Waals surface area contributed by atoms with Gasteiger partial charge in [0.05, 0.1) is 6.21 Å². The van der Waals surface area contributed by atoms with Crippen LogP contribution in [0.25, 0.3) is 0 Å². The largest absolute Gasteiger partial charge is 0.457 e. The highest BCUT2D eigenvalue weighted by molar-refractivity contribution is 7.99. The average Bonchev–Trinajstić information content (AvgIpc) is 2.70. The fourth-order valence-electron chi connectivity index (χ4n) is 2.30. The molecule has 0 unspecified atom stereocenters. The normalized spacial score (nSPS) is 10.7. The van der Waals surface area contributed by atoms with E-state index in [0.717, 1.165) is 22.0 Å². The summed E-state index contributed by atoms with van der Waals surface area (Å²) < 4.78 is 5.79. The molecule has 0 aliphatic heterocycles. The summed E-state index contributed by atoms with van der Waals surface area (Å²) in [7, 11) is 0. The molecule has 0 saturated carbocycles. The Labute approximate surface area is 163 Å². The van der Waals surface area contributed by atoms with Crippen LogP contribution in [0.4, 0.5) is 0 Å². The third kappa shape index (κ3) is 6.64. The molecule has 0 atom stereocenters. The zero-order valence-electron chi connectivity index (χ0n) is 14.7. The highest BCUT2D eigenvalue weighted by Gasteiger charge is 2.01. The number of hydrogen-bond acceptors (Lipinski definition) is 4. The zero-order chi connectivity index (χ0) is 18.7. The number of thioether (sulfide) groups is 1. The van der Waals surface area contributed by atoms with E-state index >= 15 is 0 Å². The van der Waals surface area contributed by atoms with Crippen molar-refractivity contribution < 1.29 is 9.53 Å². The molecule has 0 fully saturated rings. The quantitative estimate of drug-likeness (QED) is 0.338. The maximum atomic E-state index is 11.9. The van der Waals surface area contributed by atoms with E-state index in [1.165, 1.54) is 0 Å². The van der Waals surface area contributed by atoms with Gasteiger partial charge in [0.1, 0.15) is 11.5 Å². The van der Waals surface area contributed by atoms with E-state index in [1.807, 2.05) is 84.9 Å². The molecule has 3 rings (SSSR count). The number of carbonyl (C=O) groups is 1. The van der Waals surface area contributed by atoms with Crippen LogP contribution in [-0.2, 0) is 4.79 Å². The first-order valence-electron chi connectivity index (χ1n) is 8.62. The number of nitrogens with zero attached hydrogens (tertiary/aromatic N) is 1. The zero-order valence-corrected chi connectivity index (χ0v) is 15.6. The molecule has 5 heteroatoms. The second-order valence-electron chi connectivity index (χ2n) is 5.69. The molecule has 0 aromatic heterocycles. The number of amides is 1. The van der Waals surface area contributed by atoms with Gasteiger partial charge in [0.2, 0.25) is 5.91 Å². The maximum absolute atomic E-state index is 11.9. The molecule has 0 bridgehead atoms. The summed E-state index contributed by atoms with van der Waals surface area (Å²) in [5.74, 6) is 2.10. The lowest BCUT2D eigenvalue weighted by molar-refractivity contribution is -0.120. The number of hydrazone groups is 1. The van der Waals surface area contributed by atoms with Crippen molar-refractivity contribution in [2.45, 2.75) is 11.3 Å². The van der Waals surface area contributed by atoms with E-state index in [-0.39, 0.29) is 5.91 Å². The number of hydrogen-bond donors (Lipinski definition) is 1. The molecule has 0 aliphatic carbocycles. The van der Waals surface area contributed by atoms with Crippen LogP contribution in [0.3, 0.4) is 0 Å². The Morgan fingerprint density at radius 3 is 2.41 bits per heavy atom. The molecule has 0 radical (unpaired) electrons. The molecule has 0 spiro atoms. The molecule has 0 saturated heterocycles. The number of nitrogens with one attached hydrogen (secondary N) is 1. The lowest BCUT2D eigenvalue weighted by atomic mass is 10.2. The van der Waals surface area contributed by atoms with E-state index in [4.69, 9.17) is 4.74 Å². The summed E-state index contributed by atoms with van der Waals surface area (Å²) in [6.07, 6.45) is 2.02. The van der Waals surface area contributed by atoms with E-state index in [9.17, 15) is 4.79 Å². The average molecular weight is 376 g/mol. The van der Waals surface area contributed by atoms with Crippen molar-refractivity contribution in [2.24, 2.45) is 5.10 Å². The third-order valence-electron chi connectivity index (χ3n) is 3.58. The van der Waals surface area contributed by atoms with Gasteiger partial charge in [-0.05, 0) is 42.0 Å². The van der Waals surface area contributed by atoms with E-state index in [1.54, 1.807) is 18.0 Å². The van der Waals surface area contributed by atoms with Gasteiger partial charge in [0.25, 0.3) is 0 Å². The minimum Gasteiger partial charge on any atom is -0.457 e. The number of benzene rings is 3. The van der Waals surface area contributed by atoms with Crippen LogP contribution in [0, 0.1) is 0 Å². The van der Waals surface area contributed by atoms with Crippen molar-refractivity contribution >= 4 is 23.9 Å². The molecular weight excluding hydrogens is 356 g/mol. The Morgan fingerprint density at radius 1 is 0.926 bits per heavy atom. The van der Waals surface area contributed by atoms with E-state index in [0.29, 0.717) is 12.2 Å². The molecule has 4 nitrogen and oxygen atoms in total. The topological polar surface area (TPSA) is 50.7 Å². The van der Waals surface area contributed by atoms with Gasteiger partial charge >= 0.3 is 0 Å². The van der Waals surface area contributed by atoms with Crippen LogP contribution in [0.15, 0.2) is 94.9 Å². The van der Waals surface area contributed by atoms with Crippen molar-refractivity contribution in [2.75, 3.05) is 5.75 Å². The lowest BCUT2D eigenvalue weighted by Gasteiger charge is -2.05. The molecule has 136 valence electrons. The molecule has 1 N–H and O–H groups in total. The van der Waals surface area contributed by atoms with Crippen molar-refractivity contribution in [3.05, 3.63) is 90.5 Å². The van der Waals surface area contributed by atoms with Gasteiger partial charge in [-0.15, -0.1) is 11.8 Å². The minimum absolute atomic E-state index is 0.105. The Balaban J connectivity index is 1.45. The van der Waals surface area contributed by atoms with Crippen molar-refractivity contribution in [3.8, 4) is 11.5 Å². The number of carbonyl (C=O) groups excluding carboxylic acids is 1. The van der Waals surface area contributed by atoms with Crippen LogP contribution >= 0.6 is 11.8 Å². The monoisotopic (exact) mass is 376 g/mol. The second kappa shape index (κ2) is 10.2. The van der Waals surface area contributed by atoms with E-state index in [2.05, 4.69) is 10.5 Å². The fourth-order valence-corrected chi connectivity index (χ4v) is 3.17. The molecule has 27 heavy (non-hydrogen) atoms. The fraction of sp³-hybridized carbons (Fsp3) is 0.0909. The Hall–Kier alpha value is -3.05. The van der Waals surface area contributed by atoms with Crippen LogP contribution in [0.2, 0.25) is 0 Å². The van der Waals surface area contributed by atoms with Crippen LogP contribution < -0.4 is 10.2 Å². The minimum atomic E-state index is -0.105. The standard InChI is InChI=1S/C22H20N2O2S/c25-22(14-15-27-21-12-5-2-6-13-21)24-23-17-18-8-7-11-20(16-18)26-19-9-3-1-4-10-19/h1-13,16-17H,14-15H2,(H,24,25). The Bertz CT molecular complexity index is 883. The molecule has 0 heterocycles. The van der Waals surface area contributed by atoms with Crippen LogP contribution in [0.5, 0.6) is 11.5 Å². The summed E-state index contributed by atoms with van der Waals surface area (Å²) in [6.45, 7) is 0. The van der Waals surface area contributed by atoms with Crippen LogP contribution in [-0.4, -0.2) is 17.9 Å². The summed E-state index contributed by atoms with van der Waals surface area (Å²) in [5, 5.41) is 4.03. The number of para-hydroxylation sites is 1. The van der Waals surface area contributed by atoms with Crippen molar-refractivity contribution in [3.63, 3.8) is 0 Å². The maximum Gasteiger partial charge on any atom is 0.240 e. The van der Waals surface area contributed by atoms with Gasteiger partial charge in [-0.3, -0.25) is 4.79 Å². The first-order chi connectivity index (χ1) is 13.3. The van der Waals surface area contributed by atoms with E-state index < -0.39 is 0 Å². The molecule has 3 aromatic carbocycles. The Kier molecular flexibility index (Phi) is 7.07. The van der Waals surface area contributed by atoms with Crippen molar-refractivity contribution in [1.29, 1.82) is 0 Å². The smallest absolute Gasteiger partial charge is 0.240 e. The Morgan fingerprint density at radius 2 is 1.63 bits per heavy atom. The van der Waals surface area contributed by atoms with Crippen LogP contribution in [0.1, 0.15) is 12.0 Å². The second-order valence-corrected chi connectivity index (χ2v) is 6.86. The number of ether oxygens (including phenoxy) is 1. The highest BCUT2D eigenvalue weighted by Crippen LogP contribution is 2.21. The first-order valence-corrected chi connectivity index (χ1v) is 9.61. The highest BCUT2D eigenvalue weighted by atomic mass is 32.2. The SMILES string of the molecule is O=C(CCSc1ccccc1)NN=Cc1cccc(Oc2ccccc2)c1. The lowest BCUT2D eigenvalue weighted by Crippen LogP contribution is -2.17. The molecule has 1 amide bonds. The summed E-state index contributed by atoms with van der Waals surface area (Å²) in [5.41, 5.74) is 3.41. The van der Waals surface area contributed by atoms with Gasteiger partial charge in [0.15, 0.2) is 0 Å². The molecular formula is C22H20N2O2S. The molecule has 3 aromatic rings. The van der Waals surface area contributed by atoms with Gasteiger partial charge in [-0.1, -0.05) is 48.5 Å². The van der Waals surface area contributed by atoms with Gasteiger partial charge in [0, 0.05) is 17.1 Å². The molecule has 0 aliphatic rings. The van der Waals surface area contributed by atoms with Gasteiger partial charge in [-0.2, -0.15) is 5.10 Å². The van der Waals surface area contributed by atoms with Gasteiger partial charge < -0.3 is 4.74 Å². The first kappa shape index (κ1) is 18.7. The third-order valence-corrected chi connectivity index (χ3v) is 4.59. The summed E-state index contributed by atoms with van der Waals surface area (Å²) in [6, 6.07) is 27.1. The van der Waals surface area contributed by atoms with Gasteiger partial charge in [-0.25, -0.2) is 5.43 Å². The summed E-state index contributed by atoms with van der Waals surface area (Å²) in [4.78, 5) is 13.0. The number of rotatable bonds is 8.